The molecule has 7 nitrogen and oxygen atoms in total. The fourth-order valence-electron chi connectivity index (χ4n) is 3.63. The van der Waals surface area contributed by atoms with Crippen molar-refractivity contribution in [3.63, 3.8) is 0 Å². The largest absolute Gasteiger partial charge is 0.486 e. The third-order valence-corrected chi connectivity index (χ3v) is 5.03. The Bertz CT molecular complexity index is 834. The minimum absolute atomic E-state index is 0.0476. The van der Waals surface area contributed by atoms with Crippen molar-refractivity contribution in [2.45, 2.75) is 6.54 Å². The molecule has 1 fully saturated rings. The highest BCUT2D eigenvalue weighted by Crippen LogP contribution is 2.34. The van der Waals surface area contributed by atoms with Crippen LogP contribution in [-0.2, 0) is 16.1 Å². The van der Waals surface area contributed by atoms with Gasteiger partial charge >= 0.3 is 0 Å². The highest BCUT2D eigenvalue weighted by Gasteiger charge is 2.17. The fraction of sp³-hybridized carbons (Fsp3) is 0.409. The average Bonchev–Trinajstić information content (AvgIpc) is 2.75. The van der Waals surface area contributed by atoms with Gasteiger partial charge in [-0.15, -0.1) is 0 Å². The number of carbonyl (C=O) groups excluding carboxylic acids is 1. The monoisotopic (exact) mass is 397 g/mol. The van der Waals surface area contributed by atoms with Gasteiger partial charge in [-0.3, -0.25) is 9.69 Å². The molecule has 0 radical (unpaired) electrons. The SMILES string of the molecule is CN(CC(=O)Nc1ccc(N2CCOCC2)cc1)Cc1cccc2c1OCCO2. The molecule has 7 heteroatoms. The van der Waals surface area contributed by atoms with Gasteiger partial charge in [0.25, 0.3) is 0 Å². The van der Waals surface area contributed by atoms with E-state index >= 15 is 0 Å². The highest BCUT2D eigenvalue weighted by molar-refractivity contribution is 5.92. The molecule has 0 aromatic heterocycles. The summed E-state index contributed by atoms with van der Waals surface area (Å²) in [6.07, 6.45) is 0. The summed E-state index contributed by atoms with van der Waals surface area (Å²) in [6, 6.07) is 13.8. The molecule has 0 spiro atoms. The lowest BCUT2D eigenvalue weighted by atomic mass is 10.1. The maximum Gasteiger partial charge on any atom is 0.238 e. The molecule has 2 aromatic rings. The Hall–Kier alpha value is -2.77. The van der Waals surface area contributed by atoms with E-state index in [9.17, 15) is 4.79 Å². The van der Waals surface area contributed by atoms with Crippen molar-refractivity contribution in [3.05, 3.63) is 48.0 Å². The predicted octanol–water partition coefficient (Wildman–Crippen LogP) is 2.36. The predicted molar refractivity (Wildman–Crippen MR) is 112 cm³/mol. The maximum atomic E-state index is 12.5. The zero-order chi connectivity index (χ0) is 20.1. The van der Waals surface area contributed by atoms with Gasteiger partial charge in [-0.05, 0) is 37.4 Å². The van der Waals surface area contributed by atoms with Crippen LogP contribution in [0.2, 0.25) is 0 Å². The third-order valence-electron chi connectivity index (χ3n) is 5.03. The van der Waals surface area contributed by atoms with Gasteiger partial charge < -0.3 is 24.4 Å². The summed E-state index contributed by atoms with van der Waals surface area (Å²) in [6.45, 7) is 5.32. The first-order valence-electron chi connectivity index (χ1n) is 9.98. The second-order valence-electron chi connectivity index (χ2n) is 7.31. The number of para-hydroxylation sites is 1. The quantitative estimate of drug-likeness (QED) is 0.808. The van der Waals surface area contributed by atoms with E-state index in [1.54, 1.807) is 0 Å². The second-order valence-corrected chi connectivity index (χ2v) is 7.31. The summed E-state index contributed by atoms with van der Waals surface area (Å²) in [5.41, 5.74) is 2.97. The summed E-state index contributed by atoms with van der Waals surface area (Å²) >= 11 is 0. The van der Waals surface area contributed by atoms with E-state index in [0.717, 1.165) is 54.7 Å². The number of hydrogen-bond acceptors (Lipinski definition) is 6. The molecule has 2 heterocycles. The molecule has 0 aliphatic carbocycles. The normalized spacial score (nSPS) is 16.0. The summed E-state index contributed by atoms with van der Waals surface area (Å²) in [4.78, 5) is 16.7. The molecule has 0 unspecified atom stereocenters. The number of nitrogens with one attached hydrogen (secondary N) is 1. The molecule has 154 valence electrons. The van der Waals surface area contributed by atoms with Crippen molar-refractivity contribution in [2.24, 2.45) is 0 Å². The molecule has 1 saturated heterocycles. The van der Waals surface area contributed by atoms with Crippen molar-refractivity contribution in [2.75, 3.05) is 63.3 Å². The first kappa shape index (κ1) is 19.5. The van der Waals surface area contributed by atoms with E-state index in [4.69, 9.17) is 14.2 Å². The van der Waals surface area contributed by atoms with Crippen LogP contribution in [0.1, 0.15) is 5.56 Å². The standard InChI is InChI=1S/C22H27N3O4/c1-24(15-17-3-2-4-20-22(17)29-14-13-28-20)16-21(26)23-18-5-7-19(8-6-18)25-9-11-27-12-10-25/h2-8H,9-16H2,1H3,(H,23,26). The van der Waals surface area contributed by atoms with Crippen LogP contribution < -0.4 is 19.7 Å². The molecule has 0 saturated carbocycles. The fourth-order valence-corrected chi connectivity index (χ4v) is 3.63. The van der Waals surface area contributed by atoms with Crippen LogP contribution in [0, 0.1) is 0 Å². The van der Waals surface area contributed by atoms with E-state index in [1.165, 1.54) is 0 Å². The van der Waals surface area contributed by atoms with Crippen molar-refractivity contribution in [3.8, 4) is 11.5 Å². The first-order valence-corrected chi connectivity index (χ1v) is 9.98. The molecule has 2 aliphatic heterocycles. The minimum Gasteiger partial charge on any atom is -0.486 e. The molecule has 4 rings (SSSR count). The Morgan fingerprint density at radius 3 is 2.59 bits per heavy atom. The molecule has 0 atom stereocenters. The highest BCUT2D eigenvalue weighted by atomic mass is 16.6. The minimum atomic E-state index is -0.0476. The Morgan fingerprint density at radius 2 is 1.79 bits per heavy atom. The van der Waals surface area contributed by atoms with Gasteiger partial charge in [-0.2, -0.15) is 0 Å². The number of ether oxygens (including phenoxy) is 3. The molecular formula is C22H27N3O4. The van der Waals surface area contributed by atoms with E-state index < -0.39 is 0 Å². The van der Waals surface area contributed by atoms with Gasteiger partial charge in [0.15, 0.2) is 11.5 Å². The number of nitrogens with zero attached hydrogens (tertiary/aromatic N) is 2. The van der Waals surface area contributed by atoms with Crippen LogP contribution >= 0.6 is 0 Å². The van der Waals surface area contributed by atoms with Gasteiger partial charge in [-0.1, -0.05) is 12.1 Å². The van der Waals surface area contributed by atoms with Gasteiger partial charge in [0, 0.05) is 36.6 Å². The third kappa shape index (κ3) is 4.99. The van der Waals surface area contributed by atoms with Crippen LogP contribution in [-0.4, -0.2) is 63.9 Å². The Balaban J connectivity index is 1.30. The van der Waals surface area contributed by atoms with Crippen LogP contribution in [0.15, 0.2) is 42.5 Å². The summed E-state index contributed by atoms with van der Waals surface area (Å²) in [7, 11) is 1.92. The van der Waals surface area contributed by atoms with Crippen molar-refractivity contribution >= 4 is 17.3 Å². The number of rotatable bonds is 6. The van der Waals surface area contributed by atoms with Crippen molar-refractivity contribution < 1.29 is 19.0 Å². The lowest BCUT2D eigenvalue weighted by Gasteiger charge is -2.29. The molecule has 1 amide bonds. The van der Waals surface area contributed by atoms with Crippen LogP contribution in [0.5, 0.6) is 11.5 Å². The number of fused-ring (bicyclic) bond motifs is 1. The summed E-state index contributed by atoms with van der Waals surface area (Å²) in [5.74, 6) is 1.50. The number of carbonyl (C=O) groups is 1. The lowest BCUT2D eigenvalue weighted by molar-refractivity contribution is -0.117. The van der Waals surface area contributed by atoms with Crippen LogP contribution in [0.25, 0.3) is 0 Å². The van der Waals surface area contributed by atoms with Gasteiger partial charge in [-0.25, -0.2) is 0 Å². The molecule has 29 heavy (non-hydrogen) atoms. The van der Waals surface area contributed by atoms with Crippen molar-refractivity contribution in [1.82, 2.24) is 4.90 Å². The second kappa shape index (κ2) is 9.15. The zero-order valence-corrected chi connectivity index (χ0v) is 16.7. The molecule has 2 aliphatic rings. The molecule has 2 aromatic carbocycles. The molecular weight excluding hydrogens is 370 g/mol. The van der Waals surface area contributed by atoms with E-state index in [0.29, 0.717) is 19.8 Å². The van der Waals surface area contributed by atoms with E-state index in [1.807, 2.05) is 54.4 Å². The van der Waals surface area contributed by atoms with E-state index in [2.05, 4.69) is 10.2 Å². The Morgan fingerprint density at radius 1 is 1.03 bits per heavy atom. The Kier molecular flexibility index (Phi) is 6.17. The average molecular weight is 397 g/mol. The van der Waals surface area contributed by atoms with Gasteiger partial charge in [0.1, 0.15) is 13.2 Å². The van der Waals surface area contributed by atoms with Crippen molar-refractivity contribution in [1.29, 1.82) is 0 Å². The maximum absolute atomic E-state index is 12.5. The topological polar surface area (TPSA) is 63.3 Å². The first-order chi connectivity index (χ1) is 14.2. The number of anilines is 2. The number of hydrogen-bond donors (Lipinski definition) is 1. The number of morpholine rings is 1. The number of benzene rings is 2. The number of likely N-dealkylation sites (N-methyl/N-ethyl adjacent to an activating group) is 1. The summed E-state index contributed by atoms with van der Waals surface area (Å²) < 4.78 is 16.8. The van der Waals surface area contributed by atoms with Gasteiger partial charge in [0.05, 0.1) is 19.8 Å². The molecule has 1 N–H and O–H groups in total. The lowest BCUT2D eigenvalue weighted by Crippen LogP contribution is -2.36. The number of amides is 1. The van der Waals surface area contributed by atoms with Crippen LogP contribution in [0.3, 0.4) is 0 Å². The molecule has 0 bridgehead atoms. The van der Waals surface area contributed by atoms with E-state index in [-0.39, 0.29) is 12.5 Å². The smallest absolute Gasteiger partial charge is 0.238 e. The zero-order valence-electron chi connectivity index (χ0n) is 16.7. The summed E-state index contributed by atoms with van der Waals surface area (Å²) in [5, 5.41) is 2.97. The van der Waals surface area contributed by atoms with Gasteiger partial charge in [0.2, 0.25) is 5.91 Å². The van der Waals surface area contributed by atoms with Crippen LogP contribution in [0.4, 0.5) is 11.4 Å². The Labute approximate surface area is 171 Å².